The van der Waals surface area contributed by atoms with E-state index in [0.29, 0.717) is 5.56 Å². The van der Waals surface area contributed by atoms with Crippen molar-refractivity contribution in [1.82, 2.24) is 15.5 Å². The fourth-order valence-electron chi connectivity index (χ4n) is 2.15. The Morgan fingerprint density at radius 3 is 2.89 bits per heavy atom. The van der Waals surface area contributed by atoms with E-state index in [1.807, 2.05) is 18.2 Å². The molecule has 102 valence electrons. The predicted molar refractivity (Wildman–Crippen MR) is 72.9 cm³/mol. The lowest BCUT2D eigenvalue weighted by atomic mass is 9.95. The van der Waals surface area contributed by atoms with E-state index in [-0.39, 0.29) is 18.4 Å². The molecular weight excluding hydrogens is 242 g/mol. The van der Waals surface area contributed by atoms with Crippen LogP contribution in [0.5, 0.6) is 0 Å². The van der Waals surface area contributed by atoms with Crippen molar-refractivity contribution < 1.29 is 9.59 Å². The van der Waals surface area contributed by atoms with Gasteiger partial charge in [-0.3, -0.25) is 9.59 Å². The fourth-order valence-corrected chi connectivity index (χ4v) is 2.15. The molecule has 2 rings (SSSR count). The van der Waals surface area contributed by atoms with E-state index in [4.69, 9.17) is 0 Å². The van der Waals surface area contributed by atoms with E-state index in [9.17, 15) is 9.59 Å². The van der Waals surface area contributed by atoms with E-state index >= 15 is 0 Å². The second-order valence-corrected chi connectivity index (χ2v) is 4.84. The van der Waals surface area contributed by atoms with Crippen LogP contribution in [0, 0.1) is 0 Å². The zero-order valence-electron chi connectivity index (χ0n) is 11.3. The zero-order valence-corrected chi connectivity index (χ0v) is 11.3. The fraction of sp³-hybridized carbons (Fsp3) is 0.429. The highest BCUT2D eigenvalue weighted by molar-refractivity contribution is 5.98. The van der Waals surface area contributed by atoms with Crippen molar-refractivity contribution in [2.45, 2.75) is 13.0 Å². The van der Waals surface area contributed by atoms with Gasteiger partial charge >= 0.3 is 0 Å². The van der Waals surface area contributed by atoms with Crippen LogP contribution < -0.4 is 10.6 Å². The maximum Gasteiger partial charge on any atom is 0.252 e. The molecule has 0 aromatic heterocycles. The Hall–Kier alpha value is -1.88. The van der Waals surface area contributed by atoms with Crippen molar-refractivity contribution in [2.24, 2.45) is 0 Å². The Morgan fingerprint density at radius 1 is 1.37 bits per heavy atom. The zero-order chi connectivity index (χ0) is 13.8. The van der Waals surface area contributed by atoms with Crippen molar-refractivity contribution in [3.05, 3.63) is 34.9 Å². The molecule has 1 aromatic rings. The summed E-state index contributed by atoms with van der Waals surface area (Å²) in [6, 6.07) is 5.73. The van der Waals surface area contributed by atoms with Crippen molar-refractivity contribution in [3.63, 3.8) is 0 Å². The van der Waals surface area contributed by atoms with Crippen LogP contribution in [0.4, 0.5) is 0 Å². The molecule has 1 heterocycles. The van der Waals surface area contributed by atoms with Gasteiger partial charge in [0, 0.05) is 26.2 Å². The van der Waals surface area contributed by atoms with Gasteiger partial charge in [0.2, 0.25) is 5.91 Å². The van der Waals surface area contributed by atoms with Crippen LogP contribution in [0.25, 0.3) is 0 Å². The quantitative estimate of drug-likeness (QED) is 0.814. The molecule has 0 atom stereocenters. The molecule has 0 unspecified atom stereocenters. The molecule has 2 amide bonds. The molecule has 5 nitrogen and oxygen atoms in total. The minimum atomic E-state index is -0.172. The normalized spacial score (nSPS) is 13.6. The van der Waals surface area contributed by atoms with Gasteiger partial charge < -0.3 is 15.5 Å². The first-order chi connectivity index (χ1) is 9.09. The molecule has 1 aromatic carbocycles. The van der Waals surface area contributed by atoms with Crippen LogP contribution in [-0.2, 0) is 17.8 Å². The summed E-state index contributed by atoms with van der Waals surface area (Å²) in [4.78, 5) is 25.1. The largest absolute Gasteiger partial charge is 0.347 e. The average Bonchev–Trinajstić information content (AvgIpc) is 2.43. The Bertz CT molecular complexity index is 497. The first kappa shape index (κ1) is 13.5. The van der Waals surface area contributed by atoms with Gasteiger partial charge in [-0.25, -0.2) is 0 Å². The molecule has 0 saturated heterocycles. The van der Waals surface area contributed by atoms with E-state index in [1.165, 1.54) is 4.90 Å². The molecular formula is C14H19N3O2. The second kappa shape index (κ2) is 5.84. The minimum Gasteiger partial charge on any atom is -0.347 e. The van der Waals surface area contributed by atoms with E-state index in [2.05, 4.69) is 10.6 Å². The highest BCUT2D eigenvalue weighted by Gasteiger charge is 2.17. The third-order valence-corrected chi connectivity index (χ3v) is 3.28. The second-order valence-electron chi connectivity index (χ2n) is 4.84. The molecule has 5 heteroatoms. The number of carbonyl (C=O) groups is 2. The maximum absolute atomic E-state index is 12.1. The first-order valence-corrected chi connectivity index (χ1v) is 6.39. The molecule has 0 bridgehead atoms. The van der Waals surface area contributed by atoms with Crippen LogP contribution in [0.1, 0.15) is 21.5 Å². The smallest absolute Gasteiger partial charge is 0.252 e. The molecule has 0 saturated carbocycles. The van der Waals surface area contributed by atoms with Crippen LogP contribution in [0.3, 0.4) is 0 Å². The summed E-state index contributed by atoms with van der Waals surface area (Å²) >= 11 is 0. The Morgan fingerprint density at radius 2 is 2.16 bits per heavy atom. The highest BCUT2D eigenvalue weighted by atomic mass is 16.2. The number of fused-ring (bicyclic) bond motifs is 1. The lowest BCUT2D eigenvalue weighted by Crippen LogP contribution is -2.37. The SMILES string of the molecule is CN(C)C(=O)CNC(=O)c1cccc2c1CCNC2. The van der Waals surface area contributed by atoms with Gasteiger partial charge in [-0.1, -0.05) is 12.1 Å². The molecule has 0 aliphatic carbocycles. The molecule has 0 radical (unpaired) electrons. The summed E-state index contributed by atoms with van der Waals surface area (Å²) < 4.78 is 0. The lowest BCUT2D eigenvalue weighted by molar-refractivity contribution is -0.127. The summed E-state index contributed by atoms with van der Waals surface area (Å²) in [6.07, 6.45) is 0.848. The molecule has 1 aliphatic rings. The van der Waals surface area contributed by atoms with Crippen molar-refractivity contribution in [3.8, 4) is 0 Å². The average molecular weight is 261 g/mol. The van der Waals surface area contributed by atoms with Crippen LogP contribution in [-0.4, -0.2) is 43.9 Å². The minimum absolute atomic E-state index is 0.0355. The highest BCUT2D eigenvalue weighted by Crippen LogP contribution is 2.18. The number of benzene rings is 1. The van der Waals surface area contributed by atoms with Gasteiger partial charge in [0.25, 0.3) is 5.91 Å². The summed E-state index contributed by atoms with van der Waals surface area (Å²) in [5, 5.41) is 5.96. The number of hydrogen-bond acceptors (Lipinski definition) is 3. The van der Waals surface area contributed by atoms with Crippen LogP contribution in [0.2, 0.25) is 0 Å². The van der Waals surface area contributed by atoms with Gasteiger partial charge in [0.05, 0.1) is 6.54 Å². The Kier molecular flexibility index (Phi) is 4.16. The van der Waals surface area contributed by atoms with Gasteiger partial charge in [-0.2, -0.15) is 0 Å². The van der Waals surface area contributed by atoms with Crippen molar-refractivity contribution in [1.29, 1.82) is 0 Å². The monoisotopic (exact) mass is 261 g/mol. The first-order valence-electron chi connectivity index (χ1n) is 6.39. The van der Waals surface area contributed by atoms with E-state index in [1.54, 1.807) is 14.1 Å². The third kappa shape index (κ3) is 3.12. The summed E-state index contributed by atoms with van der Waals surface area (Å²) in [5.74, 6) is -0.284. The van der Waals surface area contributed by atoms with Crippen molar-refractivity contribution in [2.75, 3.05) is 27.2 Å². The molecule has 19 heavy (non-hydrogen) atoms. The molecule has 0 spiro atoms. The molecule has 1 aliphatic heterocycles. The summed E-state index contributed by atoms with van der Waals surface area (Å²) in [7, 11) is 3.34. The molecule has 0 fully saturated rings. The van der Waals surface area contributed by atoms with Crippen LogP contribution in [0.15, 0.2) is 18.2 Å². The predicted octanol–water partition coefficient (Wildman–Crippen LogP) is 0.150. The summed E-state index contributed by atoms with van der Waals surface area (Å²) in [5.41, 5.74) is 2.94. The van der Waals surface area contributed by atoms with Gasteiger partial charge in [0.15, 0.2) is 0 Å². The number of likely N-dealkylation sites (N-methyl/N-ethyl adjacent to an activating group) is 1. The Balaban J connectivity index is 2.09. The van der Waals surface area contributed by atoms with Gasteiger partial charge in [-0.15, -0.1) is 0 Å². The van der Waals surface area contributed by atoms with E-state index in [0.717, 1.165) is 30.6 Å². The lowest BCUT2D eigenvalue weighted by Gasteiger charge is -2.20. The number of amides is 2. The molecule has 2 N–H and O–H groups in total. The third-order valence-electron chi connectivity index (χ3n) is 3.28. The van der Waals surface area contributed by atoms with E-state index < -0.39 is 0 Å². The number of nitrogens with one attached hydrogen (secondary N) is 2. The number of hydrogen-bond donors (Lipinski definition) is 2. The van der Waals surface area contributed by atoms with Crippen molar-refractivity contribution >= 4 is 11.8 Å². The standard InChI is InChI=1S/C14H19N3O2/c1-17(2)13(18)9-16-14(19)12-5-3-4-10-8-15-7-6-11(10)12/h3-5,15H,6-9H2,1-2H3,(H,16,19). The number of carbonyl (C=O) groups excluding carboxylic acids is 2. The number of nitrogens with zero attached hydrogens (tertiary/aromatic N) is 1. The van der Waals surface area contributed by atoms with Gasteiger partial charge in [-0.05, 0) is 30.2 Å². The maximum atomic E-state index is 12.1. The Labute approximate surface area is 113 Å². The van der Waals surface area contributed by atoms with Crippen LogP contribution >= 0.6 is 0 Å². The summed E-state index contributed by atoms with van der Waals surface area (Å²) in [6.45, 7) is 1.72. The number of rotatable bonds is 3. The topological polar surface area (TPSA) is 61.4 Å². The van der Waals surface area contributed by atoms with Gasteiger partial charge in [0.1, 0.15) is 0 Å².